The van der Waals surface area contributed by atoms with Crippen molar-refractivity contribution in [2.45, 2.75) is 65.5 Å². The molecule has 0 saturated heterocycles. The molecule has 2 amide bonds. The van der Waals surface area contributed by atoms with E-state index in [-0.39, 0.29) is 29.0 Å². The monoisotopic (exact) mass is 328 g/mol. The van der Waals surface area contributed by atoms with Crippen molar-refractivity contribution >= 4 is 28.7 Å². The zero-order valence-electron chi connectivity index (χ0n) is 14.0. The lowest BCUT2D eigenvalue weighted by Gasteiger charge is -2.24. The van der Waals surface area contributed by atoms with E-state index in [1.807, 2.05) is 0 Å². The van der Waals surface area contributed by atoms with Crippen LogP contribution in [-0.2, 0) is 14.4 Å². The molecule has 0 heterocycles. The quantitative estimate of drug-likeness (QED) is 0.604. The summed E-state index contributed by atoms with van der Waals surface area (Å²) < 4.78 is 0. The highest BCUT2D eigenvalue weighted by atomic mass is 32.2. The predicted molar refractivity (Wildman–Crippen MR) is 91.6 cm³/mol. The molecule has 0 aliphatic heterocycles. The van der Waals surface area contributed by atoms with E-state index in [2.05, 4.69) is 24.1 Å². The molecular formula is C16H28N2O3S. The molecule has 0 aliphatic rings. The van der Waals surface area contributed by atoms with Gasteiger partial charge in [-0.25, -0.2) is 0 Å². The van der Waals surface area contributed by atoms with E-state index in [0.717, 1.165) is 12.8 Å². The summed E-state index contributed by atoms with van der Waals surface area (Å²) in [7, 11) is 0. The zero-order valence-corrected chi connectivity index (χ0v) is 14.8. The molecule has 0 fully saturated rings. The van der Waals surface area contributed by atoms with Crippen molar-refractivity contribution in [2.75, 3.05) is 5.75 Å². The van der Waals surface area contributed by atoms with Gasteiger partial charge in [-0.3, -0.25) is 14.4 Å². The molecule has 2 atom stereocenters. The Balaban J connectivity index is 4.52. The van der Waals surface area contributed by atoms with E-state index in [1.165, 1.54) is 25.6 Å². The normalized spacial score (nSPS) is 13.1. The summed E-state index contributed by atoms with van der Waals surface area (Å²) in [5.74, 6) is 0.460. The number of thioether (sulfide) groups is 1. The fourth-order valence-electron chi connectivity index (χ4n) is 2.18. The van der Waals surface area contributed by atoms with Crippen LogP contribution in [0.25, 0.3) is 0 Å². The van der Waals surface area contributed by atoms with Crippen molar-refractivity contribution in [1.82, 2.24) is 10.6 Å². The van der Waals surface area contributed by atoms with E-state index in [1.54, 1.807) is 6.92 Å². The van der Waals surface area contributed by atoms with E-state index in [0.29, 0.717) is 24.2 Å². The van der Waals surface area contributed by atoms with Gasteiger partial charge >= 0.3 is 0 Å². The van der Waals surface area contributed by atoms with Gasteiger partial charge in [-0.05, 0) is 31.8 Å². The van der Waals surface area contributed by atoms with Gasteiger partial charge in [0, 0.05) is 31.7 Å². The minimum absolute atomic E-state index is 0.0199. The summed E-state index contributed by atoms with van der Waals surface area (Å²) >= 11 is 1.22. The highest BCUT2D eigenvalue weighted by Gasteiger charge is 2.18. The van der Waals surface area contributed by atoms with Crippen LogP contribution in [0.1, 0.15) is 53.4 Å². The van der Waals surface area contributed by atoms with Gasteiger partial charge < -0.3 is 10.6 Å². The molecule has 0 aromatic heterocycles. The van der Waals surface area contributed by atoms with Crippen molar-refractivity contribution < 1.29 is 14.4 Å². The third-order valence-electron chi connectivity index (χ3n) is 3.07. The molecule has 0 spiro atoms. The highest BCUT2D eigenvalue weighted by Crippen LogP contribution is 2.15. The second kappa shape index (κ2) is 11.3. The molecule has 0 bridgehead atoms. The van der Waals surface area contributed by atoms with E-state index < -0.39 is 0 Å². The highest BCUT2D eigenvalue weighted by molar-refractivity contribution is 8.14. The van der Waals surface area contributed by atoms with Crippen molar-refractivity contribution in [3.05, 3.63) is 12.2 Å². The molecule has 22 heavy (non-hydrogen) atoms. The first-order valence-corrected chi connectivity index (χ1v) is 8.61. The van der Waals surface area contributed by atoms with Gasteiger partial charge in [0.05, 0.1) is 0 Å². The number of nitrogens with one attached hydrogen (secondary N) is 2. The summed E-state index contributed by atoms with van der Waals surface area (Å²) in [6, 6.07) is -0.00693. The minimum Gasteiger partial charge on any atom is -0.354 e. The molecule has 0 rings (SSSR count). The lowest BCUT2D eigenvalue weighted by molar-refractivity contribution is -0.119. The molecule has 2 unspecified atom stereocenters. The van der Waals surface area contributed by atoms with Crippen LogP contribution in [0, 0.1) is 0 Å². The van der Waals surface area contributed by atoms with Gasteiger partial charge in [-0.2, -0.15) is 0 Å². The SMILES string of the molecule is C=C(C)C(=O)SCCC(CC(CCC)NC(C)=O)NC(C)=O. The van der Waals surface area contributed by atoms with Crippen molar-refractivity contribution in [1.29, 1.82) is 0 Å². The van der Waals surface area contributed by atoms with Gasteiger partial charge in [0.1, 0.15) is 0 Å². The number of carbonyl (C=O) groups excluding carboxylic acids is 3. The van der Waals surface area contributed by atoms with Crippen LogP contribution in [0.4, 0.5) is 0 Å². The minimum atomic E-state index is -0.0979. The smallest absolute Gasteiger partial charge is 0.217 e. The average molecular weight is 328 g/mol. The van der Waals surface area contributed by atoms with Gasteiger partial charge in [0.25, 0.3) is 0 Å². The van der Waals surface area contributed by atoms with Gasteiger partial charge in [-0.15, -0.1) is 0 Å². The molecule has 5 nitrogen and oxygen atoms in total. The lowest BCUT2D eigenvalue weighted by Crippen LogP contribution is -2.42. The van der Waals surface area contributed by atoms with Crippen LogP contribution < -0.4 is 10.6 Å². The lowest BCUT2D eigenvalue weighted by atomic mass is 10.0. The Kier molecular flexibility index (Phi) is 10.6. The Morgan fingerprint density at radius 2 is 1.50 bits per heavy atom. The molecule has 0 saturated carbocycles. The third-order valence-corrected chi connectivity index (χ3v) is 4.12. The Bertz CT molecular complexity index is 410. The van der Waals surface area contributed by atoms with Crippen molar-refractivity contribution in [3.8, 4) is 0 Å². The van der Waals surface area contributed by atoms with Gasteiger partial charge in [0.15, 0.2) is 0 Å². The molecule has 126 valence electrons. The fourth-order valence-corrected chi connectivity index (χ4v) is 3.02. The summed E-state index contributed by atoms with van der Waals surface area (Å²) in [5, 5.41) is 5.81. The molecule has 6 heteroatoms. The second-order valence-electron chi connectivity index (χ2n) is 5.52. The van der Waals surface area contributed by atoms with E-state index in [4.69, 9.17) is 0 Å². The Labute approximate surface area is 137 Å². The Morgan fingerprint density at radius 3 is 1.91 bits per heavy atom. The standard InChI is InChI=1S/C16H28N2O3S/c1-6-7-14(17-12(4)19)10-15(18-13(5)20)8-9-22-16(21)11(2)3/h14-15H,2,6-10H2,1,3-5H3,(H,17,19)(H,18,20). The number of amides is 2. The number of rotatable bonds is 10. The maximum absolute atomic E-state index is 11.5. The Hall–Kier alpha value is -1.30. The third kappa shape index (κ3) is 10.4. The summed E-state index contributed by atoms with van der Waals surface area (Å²) in [6.45, 7) is 10.3. The first-order valence-electron chi connectivity index (χ1n) is 7.63. The summed E-state index contributed by atoms with van der Waals surface area (Å²) in [4.78, 5) is 34.1. The second-order valence-corrected chi connectivity index (χ2v) is 6.59. The predicted octanol–water partition coefficient (Wildman–Crippen LogP) is 2.41. The van der Waals surface area contributed by atoms with Crippen LogP contribution in [0.15, 0.2) is 12.2 Å². The number of carbonyl (C=O) groups is 3. The maximum Gasteiger partial charge on any atom is 0.217 e. The maximum atomic E-state index is 11.5. The van der Waals surface area contributed by atoms with Crippen LogP contribution >= 0.6 is 11.8 Å². The zero-order chi connectivity index (χ0) is 17.1. The van der Waals surface area contributed by atoms with Crippen LogP contribution in [-0.4, -0.2) is 34.8 Å². The summed E-state index contributed by atoms with van der Waals surface area (Å²) in [5.41, 5.74) is 0.531. The molecule has 0 aromatic carbocycles. The van der Waals surface area contributed by atoms with Gasteiger partial charge in [-0.1, -0.05) is 31.7 Å². The first-order chi connectivity index (χ1) is 10.3. The molecule has 0 aliphatic carbocycles. The number of hydrogen-bond acceptors (Lipinski definition) is 4. The molecule has 0 aromatic rings. The van der Waals surface area contributed by atoms with E-state index >= 15 is 0 Å². The molecule has 2 N–H and O–H groups in total. The van der Waals surface area contributed by atoms with Crippen LogP contribution in [0.2, 0.25) is 0 Å². The first kappa shape index (κ1) is 20.7. The Morgan fingerprint density at radius 1 is 1.00 bits per heavy atom. The van der Waals surface area contributed by atoms with E-state index in [9.17, 15) is 14.4 Å². The van der Waals surface area contributed by atoms with Crippen LogP contribution in [0.3, 0.4) is 0 Å². The number of hydrogen-bond donors (Lipinski definition) is 2. The summed E-state index contributed by atoms with van der Waals surface area (Å²) in [6.07, 6.45) is 3.19. The average Bonchev–Trinajstić information content (AvgIpc) is 2.36. The fraction of sp³-hybridized carbons (Fsp3) is 0.688. The van der Waals surface area contributed by atoms with Crippen LogP contribution in [0.5, 0.6) is 0 Å². The molecular weight excluding hydrogens is 300 g/mol. The van der Waals surface area contributed by atoms with Crippen molar-refractivity contribution in [2.24, 2.45) is 0 Å². The molecule has 0 radical (unpaired) electrons. The topological polar surface area (TPSA) is 75.3 Å². The van der Waals surface area contributed by atoms with Crippen molar-refractivity contribution in [3.63, 3.8) is 0 Å². The van der Waals surface area contributed by atoms with Gasteiger partial charge in [0.2, 0.25) is 16.9 Å². The largest absolute Gasteiger partial charge is 0.354 e.